The molecule has 0 spiro atoms. The van der Waals surface area contributed by atoms with E-state index in [4.69, 9.17) is 14.7 Å². The summed E-state index contributed by atoms with van der Waals surface area (Å²) in [7, 11) is 0. The van der Waals surface area contributed by atoms with Gasteiger partial charge in [-0.25, -0.2) is 39.9 Å². The van der Waals surface area contributed by atoms with Crippen LogP contribution in [0.1, 0.15) is 73.9 Å². The second-order valence-corrected chi connectivity index (χ2v) is 26.5. The molecule has 0 bridgehead atoms. The molecule has 16 rings (SSSR count). The predicted molar refractivity (Wildman–Crippen MR) is 422 cm³/mol. The zero-order valence-electron chi connectivity index (χ0n) is 60.1. The molecule has 16 aromatic rings. The van der Waals surface area contributed by atoms with Gasteiger partial charge < -0.3 is 4.42 Å². The highest BCUT2D eigenvalue weighted by atomic mass is 16.3. The molecule has 0 aliphatic heterocycles. The number of hydrogen-bond acceptors (Lipinski definition) is 10. The number of aromatic nitrogens is 8. The fraction of sp³-hybridized carbons (Fsp3) is 0.129. The Bertz CT molecular complexity index is 5800. The first-order valence-corrected chi connectivity index (χ1v) is 34.8. The Hall–Kier alpha value is -12.7. The van der Waals surface area contributed by atoms with Gasteiger partial charge in [0.15, 0.2) is 0 Å². The average molecular weight is 1340 g/mol. The van der Waals surface area contributed by atoms with Gasteiger partial charge in [0.05, 0.1) is 34.4 Å². The maximum absolute atomic E-state index is 9.07. The first-order valence-electron chi connectivity index (χ1n) is 34.8. The third-order valence-electron chi connectivity index (χ3n) is 19.7. The lowest BCUT2D eigenvalue weighted by Gasteiger charge is -2.14. The summed E-state index contributed by atoms with van der Waals surface area (Å²) in [5.74, 6) is 3.21. The molecule has 0 fully saturated rings. The normalized spacial score (nSPS) is 11.1. The van der Waals surface area contributed by atoms with Crippen molar-refractivity contribution in [3.8, 4) is 118 Å². The number of rotatable bonds is 10. The SMILES string of the molecule is Cc1nc(C)c(C)c(-c2ccc(-c3ccc(-c4ccc(-c5ccc(C#N)cc5)cc4)c4ccccc34)cc2)n1.Cc1nc(C)c(C)c(-c2ccc(-c3ccc(-c4ccc5oc6ccccc6c5c4)cc3)cc2)n1.Cc1nc(C)c(C)c(-c2ccc(-c3ccc(-c4nc(C)nc(C)c4C)cc3)cc2)n1. The van der Waals surface area contributed by atoms with Crippen LogP contribution in [0.3, 0.4) is 0 Å². The summed E-state index contributed by atoms with van der Waals surface area (Å²) in [5.41, 5.74) is 33.7. The molecule has 0 unspecified atom stereocenters. The third kappa shape index (κ3) is 14.1. The van der Waals surface area contributed by atoms with E-state index in [9.17, 15) is 0 Å². The van der Waals surface area contributed by atoms with Gasteiger partial charge in [-0.05, 0) is 213 Å². The molecule has 103 heavy (non-hydrogen) atoms. The molecule has 0 amide bonds. The van der Waals surface area contributed by atoms with Crippen LogP contribution in [0, 0.1) is 94.4 Å². The number of aryl methyl sites for hydroxylation is 8. The summed E-state index contributed by atoms with van der Waals surface area (Å²) in [6, 6.07) is 89.5. The van der Waals surface area contributed by atoms with Gasteiger partial charge in [-0.15, -0.1) is 0 Å². The molecule has 0 N–H and O–H groups in total. The summed E-state index contributed by atoms with van der Waals surface area (Å²) >= 11 is 0. The predicted octanol–water partition coefficient (Wildman–Crippen LogP) is 23.5. The van der Waals surface area contributed by atoms with Crippen molar-refractivity contribution < 1.29 is 4.42 Å². The van der Waals surface area contributed by atoms with E-state index < -0.39 is 0 Å². The molecular weight excluding hydrogens is 1260 g/mol. The number of nitrogens with zero attached hydrogens (tertiary/aromatic N) is 9. The second kappa shape index (κ2) is 28.9. The molecule has 5 aromatic heterocycles. The molecule has 10 nitrogen and oxygen atoms in total. The number of nitriles is 1. The molecule has 0 atom stereocenters. The molecule has 10 heteroatoms. The Labute approximate surface area is 602 Å². The van der Waals surface area contributed by atoms with E-state index in [1.54, 1.807) is 0 Å². The maximum Gasteiger partial charge on any atom is 0.135 e. The number of furan rings is 1. The Balaban J connectivity index is 0.000000132. The van der Waals surface area contributed by atoms with Gasteiger partial charge in [-0.2, -0.15) is 5.26 Å². The quantitative estimate of drug-likeness (QED) is 0.130. The van der Waals surface area contributed by atoms with Gasteiger partial charge in [0, 0.05) is 55.8 Å². The highest BCUT2D eigenvalue weighted by Gasteiger charge is 2.17. The number of para-hydroxylation sites is 1. The standard InChI is InChI=1S/C36H27N3.C31H24N2O.C26H26N4/c1-23-24(2)38-25(3)39-36(23)31-18-16-30(17-19-31)33-21-20-32(34-6-4-5-7-35(33)34)29-14-12-28(13-15-29)27-10-8-26(22-37)9-11-27;1-19-20(2)32-21(3)33-31(19)25-14-12-23(13-15-25)22-8-10-24(11-9-22)26-16-17-30-28(18-26)27-6-4-5-7-29(27)34-30;1-15-17(3)27-19(5)29-25(15)23-11-7-21(8-12-23)22-9-13-24(14-10-22)26-16(2)18(4)28-20(6)30-26/h4-21H,1-3H3;4-18H,1-3H3;7-14H,1-6H3. The monoisotopic (exact) mass is 1340 g/mol. The Morgan fingerprint density at radius 1 is 0.233 bits per heavy atom. The van der Waals surface area contributed by atoms with Crippen LogP contribution in [0.2, 0.25) is 0 Å². The van der Waals surface area contributed by atoms with Crippen LogP contribution in [-0.2, 0) is 0 Å². The lowest BCUT2D eigenvalue weighted by molar-refractivity contribution is 0.669. The lowest BCUT2D eigenvalue weighted by Crippen LogP contribution is -1.99. The first-order chi connectivity index (χ1) is 49.9. The van der Waals surface area contributed by atoms with E-state index in [1.807, 2.05) is 91.8 Å². The fourth-order valence-corrected chi connectivity index (χ4v) is 13.6. The smallest absolute Gasteiger partial charge is 0.135 e. The molecule has 500 valence electrons. The van der Waals surface area contributed by atoms with Crippen LogP contribution >= 0.6 is 0 Å². The molecule has 0 saturated carbocycles. The molecule has 5 heterocycles. The van der Waals surface area contributed by atoms with Crippen LogP contribution in [-0.4, -0.2) is 39.9 Å². The summed E-state index contributed by atoms with van der Waals surface area (Å²) in [4.78, 5) is 36.6. The maximum atomic E-state index is 9.07. The highest BCUT2D eigenvalue weighted by Crippen LogP contribution is 2.39. The number of benzene rings is 11. The van der Waals surface area contributed by atoms with Crippen molar-refractivity contribution in [2.24, 2.45) is 0 Å². The van der Waals surface area contributed by atoms with Crippen LogP contribution in [0.4, 0.5) is 0 Å². The zero-order valence-corrected chi connectivity index (χ0v) is 60.1. The molecule has 0 radical (unpaired) electrons. The third-order valence-corrected chi connectivity index (χ3v) is 19.7. The number of hydrogen-bond donors (Lipinski definition) is 0. The average Bonchev–Trinajstić information content (AvgIpc) is 1.74. The van der Waals surface area contributed by atoms with Crippen molar-refractivity contribution in [1.82, 2.24) is 39.9 Å². The Kier molecular flexibility index (Phi) is 18.9. The Morgan fingerprint density at radius 3 is 0.806 bits per heavy atom. The Morgan fingerprint density at radius 2 is 0.485 bits per heavy atom. The van der Waals surface area contributed by atoms with Crippen LogP contribution < -0.4 is 0 Å². The molecular formula is C93H77N9O. The van der Waals surface area contributed by atoms with Gasteiger partial charge in [0.25, 0.3) is 0 Å². The van der Waals surface area contributed by atoms with Gasteiger partial charge in [-0.3, -0.25) is 0 Å². The summed E-state index contributed by atoms with van der Waals surface area (Å²) in [6.07, 6.45) is 0. The summed E-state index contributed by atoms with van der Waals surface area (Å²) < 4.78 is 5.97. The largest absolute Gasteiger partial charge is 0.456 e. The van der Waals surface area contributed by atoms with E-state index in [1.165, 1.54) is 66.4 Å². The van der Waals surface area contributed by atoms with E-state index in [2.05, 4.69) is 281 Å². The summed E-state index contributed by atoms with van der Waals surface area (Å²) in [5, 5.41) is 13.8. The molecule has 0 saturated heterocycles. The van der Waals surface area contributed by atoms with Crippen LogP contribution in [0.15, 0.2) is 253 Å². The van der Waals surface area contributed by atoms with E-state index in [-0.39, 0.29) is 0 Å². The minimum atomic E-state index is 0.672. The summed E-state index contributed by atoms with van der Waals surface area (Å²) in [6.45, 7) is 24.2. The lowest BCUT2D eigenvalue weighted by atomic mass is 9.91. The number of fused-ring (bicyclic) bond motifs is 4. The zero-order chi connectivity index (χ0) is 71.6. The second-order valence-electron chi connectivity index (χ2n) is 26.5. The highest BCUT2D eigenvalue weighted by molar-refractivity contribution is 6.07. The minimum Gasteiger partial charge on any atom is -0.456 e. The van der Waals surface area contributed by atoms with Crippen molar-refractivity contribution in [3.05, 3.63) is 323 Å². The van der Waals surface area contributed by atoms with Crippen LogP contribution in [0.25, 0.3) is 145 Å². The van der Waals surface area contributed by atoms with Crippen molar-refractivity contribution >= 4 is 32.7 Å². The van der Waals surface area contributed by atoms with E-state index in [0.29, 0.717) is 5.56 Å². The van der Waals surface area contributed by atoms with Crippen molar-refractivity contribution in [2.75, 3.05) is 0 Å². The van der Waals surface area contributed by atoms with Crippen molar-refractivity contribution in [2.45, 2.75) is 83.1 Å². The van der Waals surface area contributed by atoms with Gasteiger partial charge in [0.2, 0.25) is 0 Å². The van der Waals surface area contributed by atoms with Crippen molar-refractivity contribution in [3.63, 3.8) is 0 Å². The molecule has 11 aromatic carbocycles. The molecule has 0 aliphatic carbocycles. The fourth-order valence-electron chi connectivity index (χ4n) is 13.6. The van der Waals surface area contributed by atoms with Crippen molar-refractivity contribution in [1.29, 1.82) is 5.26 Å². The van der Waals surface area contributed by atoms with Gasteiger partial charge >= 0.3 is 0 Å². The topological polar surface area (TPSA) is 140 Å². The first kappa shape index (κ1) is 67.5. The van der Waals surface area contributed by atoms with Crippen LogP contribution in [0.5, 0.6) is 0 Å². The molecule has 0 aliphatic rings. The van der Waals surface area contributed by atoms with E-state index >= 15 is 0 Å². The van der Waals surface area contributed by atoms with Gasteiger partial charge in [0.1, 0.15) is 34.5 Å². The van der Waals surface area contributed by atoms with Gasteiger partial charge in [-0.1, -0.05) is 218 Å². The van der Waals surface area contributed by atoms with E-state index in [0.717, 1.165) is 146 Å². The minimum absolute atomic E-state index is 0.672.